The van der Waals surface area contributed by atoms with Crippen molar-refractivity contribution in [3.8, 4) is 22.8 Å². The Morgan fingerprint density at radius 2 is 1.83 bits per heavy atom. The molecule has 41 heavy (non-hydrogen) atoms. The normalized spacial score (nSPS) is 14.9. The van der Waals surface area contributed by atoms with E-state index in [9.17, 15) is 14.4 Å². The van der Waals surface area contributed by atoms with Gasteiger partial charge in [0.2, 0.25) is 0 Å². The van der Waals surface area contributed by atoms with E-state index in [1.54, 1.807) is 61.5 Å². The number of allylic oxidation sites excluding steroid dienone is 1. The van der Waals surface area contributed by atoms with Crippen LogP contribution in [0, 0.1) is 0 Å². The second kappa shape index (κ2) is 11.4. The van der Waals surface area contributed by atoms with E-state index in [-0.39, 0.29) is 22.6 Å². The Bertz CT molecular complexity index is 1920. The van der Waals surface area contributed by atoms with E-state index in [1.165, 1.54) is 25.7 Å². The van der Waals surface area contributed by atoms with Crippen LogP contribution < -0.4 is 24.4 Å². The van der Waals surface area contributed by atoms with Crippen LogP contribution in [0.15, 0.2) is 74.0 Å². The van der Waals surface area contributed by atoms with Crippen molar-refractivity contribution in [2.45, 2.75) is 19.9 Å². The summed E-state index contributed by atoms with van der Waals surface area (Å²) in [6, 6.07) is 12.6. The zero-order valence-electron chi connectivity index (χ0n) is 22.2. The fraction of sp³-hybridized carbons (Fsp3) is 0.172. The maximum atomic E-state index is 13.8. The van der Waals surface area contributed by atoms with Gasteiger partial charge in [-0.1, -0.05) is 40.6 Å². The first-order chi connectivity index (χ1) is 19.6. The van der Waals surface area contributed by atoms with Crippen LogP contribution >= 0.6 is 34.5 Å². The molecule has 1 unspecified atom stereocenters. The van der Waals surface area contributed by atoms with Crippen LogP contribution in [0.4, 0.5) is 0 Å². The third-order valence-corrected chi connectivity index (χ3v) is 8.01. The van der Waals surface area contributed by atoms with Crippen LogP contribution in [0.1, 0.15) is 31.2 Å². The van der Waals surface area contributed by atoms with E-state index in [4.69, 9.17) is 41.8 Å². The van der Waals surface area contributed by atoms with Crippen molar-refractivity contribution >= 4 is 52.6 Å². The molecule has 0 aliphatic carbocycles. The molecule has 1 aliphatic rings. The lowest BCUT2D eigenvalue weighted by Gasteiger charge is -2.25. The second-order valence-electron chi connectivity index (χ2n) is 8.91. The standard InChI is InChI=1S/C29H22Cl2N2O7S/c1-14-25(28(36)38-4)26(17-6-9-22(39-15(2)34)23(12-17)37-3)33-27(35)24(41-29(33)32-14)13-18-7-10-21(40-18)16-5-8-19(30)20(31)11-16/h5-13,26H,1-4H3/b24-13+. The number of ether oxygens (including phenoxy) is 3. The molecule has 0 saturated heterocycles. The van der Waals surface area contributed by atoms with Crippen molar-refractivity contribution < 1.29 is 28.2 Å². The molecule has 0 N–H and O–H groups in total. The average molecular weight is 613 g/mol. The molecule has 0 fully saturated rings. The molecular weight excluding hydrogens is 591 g/mol. The molecule has 4 aromatic rings. The molecule has 1 atom stereocenters. The molecule has 9 nitrogen and oxygen atoms in total. The van der Waals surface area contributed by atoms with Crippen molar-refractivity contribution in [1.82, 2.24) is 4.57 Å². The number of rotatable bonds is 6. The van der Waals surface area contributed by atoms with Crippen LogP contribution in [0.5, 0.6) is 11.5 Å². The quantitative estimate of drug-likeness (QED) is 0.225. The third-order valence-electron chi connectivity index (χ3n) is 6.29. The Morgan fingerprint density at radius 1 is 1.05 bits per heavy atom. The first-order valence-corrected chi connectivity index (χ1v) is 13.7. The Kier molecular flexibility index (Phi) is 7.90. The van der Waals surface area contributed by atoms with E-state index >= 15 is 0 Å². The summed E-state index contributed by atoms with van der Waals surface area (Å²) in [5.74, 6) is 0.283. The van der Waals surface area contributed by atoms with Gasteiger partial charge >= 0.3 is 11.9 Å². The summed E-state index contributed by atoms with van der Waals surface area (Å²) >= 11 is 13.3. The third kappa shape index (κ3) is 5.46. The van der Waals surface area contributed by atoms with Gasteiger partial charge in [-0.25, -0.2) is 9.79 Å². The summed E-state index contributed by atoms with van der Waals surface area (Å²) in [5, 5.41) is 0.822. The van der Waals surface area contributed by atoms with Crippen LogP contribution in [0.2, 0.25) is 10.0 Å². The second-order valence-corrected chi connectivity index (χ2v) is 10.7. The largest absolute Gasteiger partial charge is 0.493 e. The number of esters is 2. The lowest BCUT2D eigenvalue weighted by Crippen LogP contribution is -2.39. The Morgan fingerprint density at radius 3 is 2.51 bits per heavy atom. The highest BCUT2D eigenvalue weighted by atomic mass is 35.5. The number of furan rings is 1. The van der Waals surface area contributed by atoms with E-state index < -0.39 is 18.0 Å². The van der Waals surface area contributed by atoms with Gasteiger partial charge in [0, 0.05) is 18.6 Å². The molecule has 0 saturated carbocycles. The molecule has 0 spiro atoms. The van der Waals surface area contributed by atoms with Crippen LogP contribution in [0.25, 0.3) is 17.4 Å². The van der Waals surface area contributed by atoms with E-state index in [0.29, 0.717) is 42.2 Å². The molecule has 210 valence electrons. The fourth-order valence-electron chi connectivity index (χ4n) is 4.47. The fourth-order valence-corrected chi connectivity index (χ4v) is 5.79. The maximum absolute atomic E-state index is 13.8. The van der Waals surface area contributed by atoms with Gasteiger partial charge in [-0.2, -0.15) is 0 Å². The highest BCUT2D eigenvalue weighted by Crippen LogP contribution is 2.36. The number of nitrogens with zero attached hydrogens (tertiary/aromatic N) is 2. The lowest BCUT2D eigenvalue weighted by atomic mass is 9.95. The first-order valence-electron chi connectivity index (χ1n) is 12.1. The number of hydrogen-bond acceptors (Lipinski definition) is 9. The van der Waals surface area contributed by atoms with E-state index in [2.05, 4.69) is 4.99 Å². The van der Waals surface area contributed by atoms with Crippen LogP contribution in [-0.4, -0.2) is 30.7 Å². The number of benzene rings is 2. The average Bonchev–Trinajstić information content (AvgIpc) is 3.53. The molecule has 1 aliphatic heterocycles. The number of fused-ring (bicyclic) bond motifs is 1. The summed E-state index contributed by atoms with van der Waals surface area (Å²) < 4.78 is 23.4. The van der Waals surface area contributed by atoms with Gasteiger partial charge in [-0.15, -0.1) is 0 Å². The van der Waals surface area contributed by atoms with Gasteiger partial charge in [0.25, 0.3) is 5.56 Å². The number of hydrogen-bond donors (Lipinski definition) is 0. The molecule has 2 aromatic heterocycles. The summed E-state index contributed by atoms with van der Waals surface area (Å²) in [6.45, 7) is 2.95. The van der Waals surface area contributed by atoms with Gasteiger partial charge in [0.1, 0.15) is 11.5 Å². The number of carbonyl (C=O) groups excluding carboxylic acids is 2. The number of halogens is 2. The molecule has 3 heterocycles. The molecule has 0 bridgehead atoms. The van der Waals surface area contributed by atoms with Crippen molar-refractivity contribution in [2.75, 3.05) is 14.2 Å². The van der Waals surface area contributed by atoms with Gasteiger partial charge in [-0.05, 0) is 55.0 Å². The van der Waals surface area contributed by atoms with Crippen molar-refractivity contribution in [3.63, 3.8) is 0 Å². The predicted molar refractivity (Wildman–Crippen MR) is 154 cm³/mol. The van der Waals surface area contributed by atoms with E-state index in [1.807, 2.05) is 0 Å². The number of methoxy groups -OCH3 is 2. The van der Waals surface area contributed by atoms with E-state index in [0.717, 1.165) is 16.9 Å². The van der Waals surface area contributed by atoms with Gasteiger partial charge in [-0.3, -0.25) is 14.2 Å². The maximum Gasteiger partial charge on any atom is 0.338 e. The van der Waals surface area contributed by atoms with Crippen LogP contribution in [0.3, 0.4) is 0 Å². The van der Waals surface area contributed by atoms with Crippen molar-refractivity contribution in [1.29, 1.82) is 0 Å². The summed E-state index contributed by atoms with van der Waals surface area (Å²) in [5.41, 5.74) is 1.46. The molecule has 12 heteroatoms. The molecule has 5 rings (SSSR count). The minimum absolute atomic E-state index is 0.189. The predicted octanol–water partition coefficient (Wildman–Crippen LogP) is 4.91. The van der Waals surface area contributed by atoms with Crippen molar-refractivity contribution in [2.24, 2.45) is 4.99 Å². The molecule has 0 radical (unpaired) electrons. The summed E-state index contributed by atoms with van der Waals surface area (Å²) in [7, 11) is 2.69. The highest BCUT2D eigenvalue weighted by Gasteiger charge is 2.33. The monoisotopic (exact) mass is 612 g/mol. The summed E-state index contributed by atoms with van der Waals surface area (Å²) in [6.07, 6.45) is 1.61. The topological polar surface area (TPSA) is 109 Å². The molecule has 0 amide bonds. The van der Waals surface area contributed by atoms with Crippen molar-refractivity contribution in [3.05, 3.63) is 101 Å². The smallest absolute Gasteiger partial charge is 0.338 e. The Balaban J connectivity index is 1.64. The van der Waals surface area contributed by atoms with Gasteiger partial charge in [0.05, 0.1) is 46.1 Å². The Labute approximate surface area is 247 Å². The van der Waals surface area contributed by atoms with Gasteiger partial charge < -0.3 is 18.6 Å². The molecular formula is C29H22Cl2N2O7S. The zero-order valence-corrected chi connectivity index (χ0v) is 24.5. The first kappa shape index (κ1) is 28.4. The molecule has 2 aromatic carbocycles. The lowest BCUT2D eigenvalue weighted by molar-refractivity contribution is -0.136. The van der Waals surface area contributed by atoms with Crippen LogP contribution in [-0.2, 0) is 14.3 Å². The number of thiazole rings is 1. The SMILES string of the molecule is COC(=O)C1=C(C)N=c2s/c(=C/c3ccc(-c4ccc(Cl)c(Cl)c4)o3)c(=O)n2C1c1ccc(OC(C)=O)c(OC)c1. The highest BCUT2D eigenvalue weighted by molar-refractivity contribution is 7.07. The zero-order chi connectivity index (χ0) is 29.4. The number of carbonyl (C=O) groups is 2. The number of aromatic nitrogens is 1. The Hall–Kier alpha value is -4.12. The minimum atomic E-state index is -0.885. The summed E-state index contributed by atoms with van der Waals surface area (Å²) in [4.78, 5) is 43.2. The minimum Gasteiger partial charge on any atom is -0.493 e. The van der Waals surface area contributed by atoms with Gasteiger partial charge in [0.15, 0.2) is 16.3 Å².